The molecule has 0 spiro atoms. The van der Waals surface area contributed by atoms with Gasteiger partial charge in [-0.3, -0.25) is 4.90 Å². The second kappa shape index (κ2) is 6.62. The van der Waals surface area contributed by atoms with Crippen molar-refractivity contribution in [3.8, 4) is 0 Å². The van der Waals surface area contributed by atoms with Gasteiger partial charge in [0.25, 0.3) is 0 Å². The van der Waals surface area contributed by atoms with E-state index in [0.717, 1.165) is 32.0 Å². The predicted octanol–water partition coefficient (Wildman–Crippen LogP) is 0.276. The van der Waals surface area contributed by atoms with Crippen LogP contribution in [0.15, 0.2) is 18.3 Å². The van der Waals surface area contributed by atoms with Gasteiger partial charge in [0, 0.05) is 38.9 Å². The summed E-state index contributed by atoms with van der Waals surface area (Å²) in [6, 6.07) is 3.41. The number of piperazine rings is 1. The molecule has 2 heterocycles. The molecule has 0 bridgehead atoms. The second-order valence-electron chi connectivity index (χ2n) is 4.62. The third-order valence-corrected chi connectivity index (χ3v) is 3.37. The summed E-state index contributed by atoms with van der Waals surface area (Å²) < 4.78 is 4.72. The Morgan fingerprint density at radius 2 is 2.15 bits per heavy atom. The molecule has 1 aromatic heterocycles. The molecule has 2 N–H and O–H groups in total. The van der Waals surface area contributed by atoms with Crippen LogP contribution in [-0.4, -0.2) is 60.7 Å². The minimum atomic E-state index is -0.347. The van der Waals surface area contributed by atoms with Gasteiger partial charge >= 0.3 is 5.97 Å². The van der Waals surface area contributed by atoms with Crippen LogP contribution >= 0.6 is 12.2 Å². The molecule has 1 saturated heterocycles. The van der Waals surface area contributed by atoms with Gasteiger partial charge in [-0.05, 0) is 12.1 Å². The van der Waals surface area contributed by atoms with Gasteiger partial charge in [0.05, 0.1) is 17.7 Å². The van der Waals surface area contributed by atoms with Gasteiger partial charge in [-0.15, -0.1) is 0 Å². The zero-order chi connectivity index (χ0) is 14.5. The molecule has 0 unspecified atom stereocenters. The zero-order valence-corrected chi connectivity index (χ0v) is 12.2. The van der Waals surface area contributed by atoms with E-state index in [4.69, 9.17) is 22.7 Å². The number of carbonyl (C=O) groups excluding carboxylic acids is 1. The van der Waals surface area contributed by atoms with Crippen LogP contribution in [0.25, 0.3) is 0 Å². The molecule has 1 fully saturated rings. The minimum Gasteiger partial charge on any atom is -0.465 e. The van der Waals surface area contributed by atoms with Crippen molar-refractivity contribution in [2.24, 2.45) is 5.73 Å². The maximum absolute atomic E-state index is 11.5. The van der Waals surface area contributed by atoms with Crippen LogP contribution in [0, 0.1) is 0 Å². The lowest BCUT2D eigenvalue weighted by molar-refractivity contribution is 0.0600. The van der Waals surface area contributed by atoms with Crippen LogP contribution in [0.4, 0.5) is 5.82 Å². The number of thiocarbonyl (C=S) groups is 1. The molecule has 1 aliphatic heterocycles. The average molecular weight is 294 g/mol. The summed E-state index contributed by atoms with van der Waals surface area (Å²) in [5.74, 6) is 0.448. The number of anilines is 1. The number of esters is 1. The summed E-state index contributed by atoms with van der Waals surface area (Å²) in [4.78, 5) is 20.7. The van der Waals surface area contributed by atoms with Crippen LogP contribution in [0.5, 0.6) is 0 Å². The van der Waals surface area contributed by atoms with Crippen molar-refractivity contribution in [1.29, 1.82) is 0 Å². The van der Waals surface area contributed by atoms with Crippen molar-refractivity contribution in [3.05, 3.63) is 23.9 Å². The van der Waals surface area contributed by atoms with Gasteiger partial charge in [0.2, 0.25) is 0 Å². The quantitative estimate of drug-likeness (QED) is 0.631. The lowest BCUT2D eigenvalue weighted by Crippen LogP contribution is -2.48. The van der Waals surface area contributed by atoms with E-state index >= 15 is 0 Å². The second-order valence-corrected chi connectivity index (χ2v) is 5.15. The molecule has 7 heteroatoms. The topological polar surface area (TPSA) is 71.7 Å². The molecule has 0 atom stereocenters. The minimum absolute atomic E-state index is 0.347. The summed E-state index contributed by atoms with van der Waals surface area (Å²) >= 11 is 4.92. The first-order valence-electron chi connectivity index (χ1n) is 6.40. The molecule has 1 aromatic rings. The summed E-state index contributed by atoms with van der Waals surface area (Å²) in [5.41, 5.74) is 6.07. The fraction of sp³-hybridized carbons (Fsp3) is 0.462. The molecule has 0 amide bonds. The monoisotopic (exact) mass is 294 g/mol. The smallest absolute Gasteiger partial charge is 0.338 e. The number of rotatable bonds is 4. The van der Waals surface area contributed by atoms with Gasteiger partial charge in [-0.1, -0.05) is 12.2 Å². The number of ether oxygens (including phenoxy) is 1. The van der Waals surface area contributed by atoms with E-state index in [2.05, 4.69) is 14.8 Å². The number of hydrogen-bond donors (Lipinski definition) is 1. The standard InChI is InChI=1S/C13H18N4O2S/c1-19-13(18)10-2-3-15-12(8-10)17-6-4-16(5-7-17)9-11(14)20/h2-3,8H,4-7,9H2,1H3,(H2,14,20). The maximum Gasteiger partial charge on any atom is 0.338 e. The van der Waals surface area contributed by atoms with Crippen molar-refractivity contribution in [2.45, 2.75) is 0 Å². The van der Waals surface area contributed by atoms with E-state index in [0.29, 0.717) is 17.1 Å². The Morgan fingerprint density at radius 3 is 2.75 bits per heavy atom. The van der Waals surface area contributed by atoms with Gasteiger partial charge in [-0.25, -0.2) is 9.78 Å². The number of carbonyl (C=O) groups is 1. The van der Waals surface area contributed by atoms with E-state index in [1.807, 2.05) is 0 Å². The third-order valence-electron chi connectivity index (χ3n) is 3.24. The van der Waals surface area contributed by atoms with Crippen molar-refractivity contribution in [1.82, 2.24) is 9.88 Å². The van der Waals surface area contributed by atoms with Crippen LogP contribution in [0.2, 0.25) is 0 Å². The van der Waals surface area contributed by atoms with Gasteiger partial charge in [-0.2, -0.15) is 0 Å². The first kappa shape index (κ1) is 14.7. The van der Waals surface area contributed by atoms with E-state index in [1.165, 1.54) is 7.11 Å². The van der Waals surface area contributed by atoms with Crippen molar-refractivity contribution in [3.63, 3.8) is 0 Å². The fourth-order valence-electron chi connectivity index (χ4n) is 2.19. The highest BCUT2D eigenvalue weighted by Crippen LogP contribution is 2.15. The zero-order valence-electron chi connectivity index (χ0n) is 11.4. The van der Waals surface area contributed by atoms with Crippen LogP contribution in [0.1, 0.15) is 10.4 Å². The number of nitrogens with zero attached hydrogens (tertiary/aromatic N) is 3. The van der Waals surface area contributed by atoms with Crippen molar-refractivity contribution >= 4 is 29.0 Å². The highest BCUT2D eigenvalue weighted by Gasteiger charge is 2.19. The van der Waals surface area contributed by atoms with Crippen LogP contribution < -0.4 is 10.6 Å². The lowest BCUT2D eigenvalue weighted by Gasteiger charge is -2.35. The van der Waals surface area contributed by atoms with Crippen molar-refractivity contribution in [2.75, 3.05) is 44.7 Å². The molecular formula is C13H18N4O2S. The predicted molar refractivity (Wildman–Crippen MR) is 81.0 cm³/mol. The SMILES string of the molecule is COC(=O)c1ccnc(N2CCN(CC(N)=S)CC2)c1. The summed E-state index contributed by atoms with van der Waals surface area (Å²) in [5, 5.41) is 0. The molecule has 1 aliphatic rings. The Labute approximate surface area is 123 Å². The molecule has 0 saturated carbocycles. The molecule has 20 heavy (non-hydrogen) atoms. The molecule has 108 valence electrons. The lowest BCUT2D eigenvalue weighted by atomic mass is 10.2. The number of pyridine rings is 1. The number of aromatic nitrogens is 1. The number of nitrogens with two attached hydrogens (primary N) is 1. The fourth-order valence-corrected chi connectivity index (χ4v) is 2.37. The Bertz CT molecular complexity index is 501. The molecule has 0 radical (unpaired) electrons. The summed E-state index contributed by atoms with van der Waals surface area (Å²) in [6.07, 6.45) is 1.63. The Kier molecular flexibility index (Phi) is 4.86. The third kappa shape index (κ3) is 3.64. The highest BCUT2D eigenvalue weighted by molar-refractivity contribution is 7.80. The van der Waals surface area contributed by atoms with Gasteiger partial charge in [0.15, 0.2) is 0 Å². The molecular weight excluding hydrogens is 276 g/mol. The average Bonchev–Trinajstić information content (AvgIpc) is 2.47. The van der Waals surface area contributed by atoms with Crippen molar-refractivity contribution < 1.29 is 9.53 Å². The van der Waals surface area contributed by atoms with Crippen LogP contribution in [0.3, 0.4) is 0 Å². The van der Waals surface area contributed by atoms with E-state index in [1.54, 1.807) is 18.3 Å². The molecule has 6 nitrogen and oxygen atoms in total. The number of hydrogen-bond acceptors (Lipinski definition) is 6. The van der Waals surface area contributed by atoms with E-state index in [-0.39, 0.29) is 5.97 Å². The molecule has 2 rings (SSSR count). The summed E-state index contributed by atoms with van der Waals surface area (Å²) in [6.45, 7) is 4.07. The first-order chi connectivity index (χ1) is 9.60. The molecule has 0 aliphatic carbocycles. The Morgan fingerprint density at radius 1 is 1.45 bits per heavy atom. The first-order valence-corrected chi connectivity index (χ1v) is 6.81. The van der Waals surface area contributed by atoms with Gasteiger partial charge < -0.3 is 15.4 Å². The highest BCUT2D eigenvalue weighted by atomic mass is 32.1. The van der Waals surface area contributed by atoms with Gasteiger partial charge in [0.1, 0.15) is 5.82 Å². The largest absolute Gasteiger partial charge is 0.465 e. The Hall–Kier alpha value is -1.73. The van der Waals surface area contributed by atoms with Crippen LogP contribution in [-0.2, 0) is 4.74 Å². The molecule has 0 aromatic carbocycles. The van der Waals surface area contributed by atoms with E-state index in [9.17, 15) is 4.79 Å². The maximum atomic E-state index is 11.5. The Balaban J connectivity index is 2.00. The normalized spacial score (nSPS) is 15.9. The number of methoxy groups -OCH3 is 1. The summed E-state index contributed by atoms with van der Waals surface area (Å²) in [7, 11) is 1.37. The van der Waals surface area contributed by atoms with E-state index < -0.39 is 0 Å².